The molecule has 0 spiro atoms. The molecule has 0 aliphatic carbocycles. The van der Waals surface area contributed by atoms with E-state index in [1.54, 1.807) is 0 Å². The molecule has 0 atom stereocenters. The van der Waals surface area contributed by atoms with Gasteiger partial charge in [0.25, 0.3) is 0 Å². The Balaban J connectivity index is 0. The van der Waals surface area contributed by atoms with Crippen LogP contribution in [0.5, 0.6) is 0 Å². The molecule has 0 aromatic rings. The van der Waals surface area contributed by atoms with E-state index < -0.39 is 0 Å². The Morgan fingerprint density at radius 1 is 1.40 bits per heavy atom. The van der Waals surface area contributed by atoms with E-state index in [4.69, 9.17) is 5.41 Å². The van der Waals surface area contributed by atoms with Gasteiger partial charge in [0, 0.05) is 0 Å². The predicted molar refractivity (Wildman–Crippen MR) is 16.1 cm³/mol. The summed E-state index contributed by atoms with van der Waals surface area (Å²) in [6.45, 7) is 0. The molecule has 0 saturated carbocycles. The number of hydrogen-bond donors (Lipinski definition) is 3. The van der Waals surface area contributed by atoms with Gasteiger partial charge in [0.05, 0.1) is 0 Å². The summed E-state index contributed by atoms with van der Waals surface area (Å²) in [4.78, 5) is 0. The average Bonchev–Trinajstić information content (AvgIpc) is 0.811. The van der Waals surface area contributed by atoms with Gasteiger partial charge in [-0.05, 0) is 0 Å². The average molecular weight is 66.0 g/mol. The molecule has 0 bridgehead atoms. The van der Waals surface area contributed by atoms with E-state index in [2.05, 4.69) is 11.5 Å². The van der Waals surface area contributed by atoms with E-state index in [-0.39, 0.29) is 24.8 Å². The zero-order valence-corrected chi connectivity index (χ0v) is 3.15. The van der Waals surface area contributed by atoms with E-state index in [0.717, 1.165) is 0 Å². The van der Waals surface area contributed by atoms with Crippen LogP contribution in [0, 0.1) is 5.41 Å². The quantitative estimate of drug-likeness (QED) is 0.152. The van der Waals surface area contributed by atoms with Crippen molar-refractivity contribution in [2.75, 3.05) is 0 Å². The Morgan fingerprint density at radius 2 is 1.40 bits per heavy atom. The summed E-state index contributed by atoms with van der Waals surface area (Å²) in [5.41, 5.74) is 8.94. The maximum Gasteiger partial charge on any atom is 1.00 e. The zero-order valence-electron chi connectivity index (χ0n) is 3.15. The van der Waals surface area contributed by atoms with Gasteiger partial charge in [-0.2, -0.15) is 0 Å². The van der Waals surface area contributed by atoms with Crippen LogP contribution in [0.3, 0.4) is 0 Å². The van der Waals surface area contributed by atoms with Gasteiger partial charge in [-0.15, -0.1) is 0 Å². The molecule has 0 unspecified atom stereocenters. The summed E-state index contributed by atoms with van der Waals surface area (Å²) < 4.78 is 0. The number of hydrogen-bond acceptors (Lipinski definition) is 1. The minimum atomic E-state index is -0.333. The van der Waals surface area contributed by atoms with E-state index in [1.165, 1.54) is 0 Å². The first-order valence-corrected chi connectivity index (χ1v) is 0.827. The second-order valence-electron chi connectivity index (χ2n) is 0.455. The van der Waals surface area contributed by atoms with Crippen molar-refractivity contribution in [1.29, 1.82) is 5.41 Å². The SMILES string of the molecule is N=C(N)N.[Li+]. The molecule has 0 rings (SSSR count). The molecule has 0 aromatic carbocycles. The first-order chi connectivity index (χ1) is 1.73. The molecule has 5 heavy (non-hydrogen) atoms. The van der Waals surface area contributed by atoms with Crippen molar-refractivity contribution >= 4 is 5.96 Å². The fraction of sp³-hybridized carbons (Fsp3) is 0. The maximum atomic E-state index is 6.06. The third kappa shape index (κ3) is 767. The van der Waals surface area contributed by atoms with Gasteiger partial charge < -0.3 is 11.5 Å². The van der Waals surface area contributed by atoms with E-state index in [0.29, 0.717) is 0 Å². The minimum absolute atomic E-state index is 0. The van der Waals surface area contributed by atoms with Gasteiger partial charge in [-0.3, -0.25) is 5.41 Å². The normalized spacial score (nSPS) is 4.80. The molecule has 0 amide bonds. The fourth-order valence-electron chi connectivity index (χ4n) is 0. The van der Waals surface area contributed by atoms with Gasteiger partial charge in [0.15, 0.2) is 5.96 Å². The van der Waals surface area contributed by atoms with Gasteiger partial charge in [-0.25, -0.2) is 0 Å². The molecule has 0 fully saturated rings. The number of nitrogens with one attached hydrogen (secondary N) is 1. The van der Waals surface area contributed by atoms with Crippen molar-refractivity contribution in [3.63, 3.8) is 0 Å². The van der Waals surface area contributed by atoms with Crippen LogP contribution in [0.4, 0.5) is 0 Å². The van der Waals surface area contributed by atoms with Crippen molar-refractivity contribution in [3.05, 3.63) is 0 Å². The van der Waals surface area contributed by atoms with Crippen LogP contribution in [0.25, 0.3) is 0 Å². The molecule has 3 nitrogen and oxygen atoms in total. The minimum Gasteiger partial charge on any atom is -0.370 e. The van der Waals surface area contributed by atoms with Crippen LogP contribution in [0.15, 0.2) is 0 Å². The summed E-state index contributed by atoms with van der Waals surface area (Å²) in [7, 11) is 0. The Morgan fingerprint density at radius 3 is 1.40 bits per heavy atom. The monoisotopic (exact) mass is 66.1 g/mol. The van der Waals surface area contributed by atoms with E-state index in [1.807, 2.05) is 0 Å². The molecule has 24 valence electrons. The Bertz CT molecular complexity index is 29.9. The number of guanidine groups is 1. The molecule has 0 heterocycles. The Kier molecular flexibility index (Phi) is 6.85. The summed E-state index contributed by atoms with van der Waals surface area (Å²) in [5.74, 6) is -0.333. The molecule has 4 heteroatoms. The zero-order chi connectivity index (χ0) is 3.58. The Hall–Kier alpha value is -0.133. The van der Waals surface area contributed by atoms with Crippen molar-refractivity contribution in [2.45, 2.75) is 0 Å². The Labute approximate surface area is 42.4 Å². The van der Waals surface area contributed by atoms with Crippen LogP contribution in [-0.4, -0.2) is 5.96 Å². The first kappa shape index (κ1) is 8.85. The van der Waals surface area contributed by atoms with Crippen molar-refractivity contribution < 1.29 is 18.9 Å². The summed E-state index contributed by atoms with van der Waals surface area (Å²) in [6, 6.07) is 0. The summed E-state index contributed by atoms with van der Waals surface area (Å²) in [5, 5.41) is 6.06. The number of rotatable bonds is 0. The summed E-state index contributed by atoms with van der Waals surface area (Å²) in [6.07, 6.45) is 0. The van der Waals surface area contributed by atoms with Gasteiger partial charge in [0.2, 0.25) is 0 Å². The predicted octanol–water partition coefficient (Wildman–Crippen LogP) is -4.16. The third-order valence-corrected chi connectivity index (χ3v) is 0. The molecule has 0 saturated heterocycles. The standard InChI is InChI=1S/CH5N3.Li/c2-1(3)4;/h(H5,2,3,4);/q;+1. The van der Waals surface area contributed by atoms with E-state index in [9.17, 15) is 0 Å². The second-order valence-corrected chi connectivity index (χ2v) is 0.455. The van der Waals surface area contributed by atoms with Crippen LogP contribution in [-0.2, 0) is 0 Å². The van der Waals surface area contributed by atoms with Crippen molar-refractivity contribution in [2.24, 2.45) is 11.5 Å². The van der Waals surface area contributed by atoms with Gasteiger partial charge in [0.1, 0.15) is 0 Å². The molecule has 0 aliphatic heterocycles. The molecule has 0 radical (unpaired) electrons. The summed E-state index contributed by atoms with van der Waals surface area (Å²) >= 11 is 0. The van der Waals surface area contributed by atoms with Gasteiger partial charge >= 0.3 is 18.9 Å². The van der Waals surface area contributed by atoms with Crippen molar-refractivity contribution in [1.82, 2.24) is 0 Å². The molecular formula is CH5LiN3+. The number of nitrogens with two attached hydrogens (primary N) is 2. The first-order valence-electron chi connectivity index (χ1n) is 0.827. The fourth-order valence-corrected chi connectivity index (χ4v) is 0. The van der Waals surface area contributed by atoms with Crippen LogP contribution in [0.1, 0.15) is 0 Å². The third-order valence-electron chi connectivity index (χ3n) is 0. The maximum absolute atomic E-state index is 6.06. The molecular weight excluding hydrogens is 61.0 g/mol. The molecule has 5 N–H and O–H groups in total. The topological polar surface area (TPSA) is 75.9 Å². The second kappa shape index (κ2) is 3.87. The van der Waals surface area contributed by atoms with Crippen LogP contribution < -0.4 is 30.3 Å². The van der Waals surface area contributed by atoms with Gasteiger partial charge in [-0.1, -0.05) is 0 Å². The van der Waals surface area contributed by atoms with Crippen LogP contribution >= 0.6 is 0 Å². The van der Waals surface area contributed by atoms with E-state index >= 15 is 0 Å². The largest absolute Gasteiger partial charge is 1.00 e. The smallest absolute Gasteiger partial charge is 0.370 e. The van der Waals surface area contributed by atoms with Crippen LogP contribution in [0.2, 0.25) is 0 Å². The molecule has 0 aromatic heterocycles. The van der Waals surface area contributed by atoms with Crippen molar-refractivity contribution in [3.8, 4) is 0 Å². The molecule has 0 aliphatic rings.